The van der Waals surface area contributed by atoms with Crippen molar-refractivity contribution >= 4 is 5.91 Å². The smallest absolute Gasteiger partial charge is 0.261 e. The van der Waals surface area contributed by atoms with Crippen molar-refractivity contribution in [2.24, 2.45) is 0 Å². The van der Waals surface area contributed by atoms with Crippen LogP contribution in [0.25, 0.3) is 0 Å². The average Bonchev–Trinajstić information content (AvgIpc) is 2.65. The zero-order valence-corrected chi connectivity index (χ0v) is 13.3. The first kappa shape index (κ1) is 14.6. The first-order chi connectivity index (χ1) is 10.4. The predicted molar refractivity (Wildman–Crippen MR) is 83.2 cm³/mol. The third-order valence-corrected chi connectivity index (χ3v) is 4.12. The Bertz CT molecular complexity index is 797. The van der Waals surface area contributed by atoms with Crippen molar-refractivity contribution in [2.75, 3.05) is 13.1 Å². The second-order valence-electron chi connectivity index (χ2n) is 6.08. The summed E-state index contributed by atoms with van der Waals surface area (Å²) in [5.41, 5.74) is 3.51. The molecule has 0 aromatic carbocycles. The van der Waals surface area contributed by atoms with Gasteiger partial charge in [-0.1, -0.05) is 0 Å². The van der Waals surface area contributed by atoms with Crippen LogP contribution in [0.4, 0.5) is 0 Å². The number of rotatable bonds is 2. The number of aryl methyl sites for hydroxylation is 4. The summed E-state index contributed by atoms with van der Waals surface area (Å²) in [6, 6.07) is 4.05. The maximum absolute atomic E-state index is 12.5. The lowest BCUT2D eigenvalue weighted by Crippen LogP contribution is -2.52. The van der Waals surface area contributed by atoms with Crippen LogP contribution < -0.4 is 5.56 Å². The zero-order chi connectivity index (χ0) is 16.0. The van der Waals surface area contributed by atoms with Gasteiger partial charge in [0.25, 0.3) is 11.5 Å². The molecule has 0 saturated carbocycles. The molecular weight excluding hydrogens is 280 g/mol. The predicted octanol–water partition coefficient (Wildman–Crippen LogP) is 1.50. The highest BCUT2D eigenvalue weighted by atomic mass is 16.2. The van der Waals surface area contributed by atoms with Gasteiger partial charge in [0.05, 0.1) is 11.7 Å². The number of pyridine rings is 1. The number of hydrogen-bond acceptors (Lipinski definition) is 3. The molecule has 0 aliphatic carbocycles. The normalized spacial score (nSPS) is 15.0. The van der Waals surface area contributed by atoms with Crippen molar-refractivity contribution < 1.29 is 4.79 Å². The second-order valence-corrected chi connectivity index (χ2v) is 6.08. The highest BCUT2D eigenvalue weighted by Crippen LogP contribution is 2.24. The highest BCUT2D eigenvalue weighted by Gasteiger charge is 2.35. The molecule has 1 fully saturated rings. The number of carbonyl (C=O) groups is 1. The minimum absolute atomic E-state index is 0.197. The van der Waals surface area contributed by atoms with Crippen molar-refractivity contribution in [2.45, 2.75) is 33.7 Å². The summed E-state index contributed by atoms with van der Waals surface area (Å²) in [7, 11) is 0. The molecule has 22 heavy (non-hydrogen) atoms. The SMILES string of the molecule is Cc1cc(C)n(C2CN(C(=O)c3c(C)cc(C)[nH]c3=O)C2)n1. The van der Waals surface area contributed by atoms with Gasteiger partial charge in [0.15, 0.2) is 0 Å². The molecule has 2 aromatic rings. The minimum atomic E-state index is -0.308. The van der Waals surface area contributed by atoms with E-state index in [9.17, 15) is 9.59 Å². The zero-order valence-electron chi connectivity index (χ0n) is 13.3. The average molecular weight is 300 g/mol. The Kier molecular flexibility index (Phi) is 3.39. The van der Waals surface area contributed by atoms with Gasteiger partial charge in [0.1, 0.15) is 5.56 Å². The summed E-state index contributed by atoms with van der Waals surface area (Å²) in [6.45, 7) is 8.76. The number of aromatic nitrogens is 3. The number of H-pyrrole nitrogens is 1. The Balaban J connectivity index is 1.77. The summed E-state index contributed by atoms with van der Waals surface area (Å²) in [5.74, 6) is -0.198. The van der Waals surface area contributed by atoms with Gasteiger partial charge >= 0.3 is 0 Å². The van der Waals surface area contributed by atoms with Crippen molar-refractivity contribution in [3.63, 3.8) is 0 Å². The van der Waals surface area contributed by atoms with E-state index >= 15 is 0 Å². The molecule has 3 rings (SSSR count). The fourth-order valence-electron chi connectivity index (χ4n) is 3.07. The van der Waals surface area contributed by atoms with E-state index in [1.165, 1.54) is 0 Å². The van der Waals surface area contributed by atoms with E-state index in [4.69, 9.17) is 0 Å². The Morgan fingerprint density at radius 2 is 1.91 bits per heavy atom. The quantitative estimate of drug-likeness (QED) is 0.913. The number of carbonyl (C=O) groups excluding carboxylic acids is 1. The fraction of sp³-hybridized carbons (Fsp3) is 0.438. The largest absolute Gasteiger partial charge is 0.334 e. The van der Waals surface area contributed by atoms with Crippen LogP contribution in [0.1, 0.15) is 39.0 Å². The van der Waals surface area contributed by atoms with Crippen molar-refractivity contribution in [3.05, 3.63) is 50.7 Å². The number of nitrogens with zero attached hydrogens (tertiary/aromatic N) is 3. The third kappa shape index (κ3) is 2.34. The molecule has 1 amide bonds. The summed E-state index contributed by atoms with van der Waals surface area (Å²) in [5, 5.41) is 4.46. The molecule has 6 nitrogen and oxygen atoms in total. The molecule has 3 heterocycles. The Labute approximate surface area is 128 Å². The van der Waals surface area contributed by atoms with E-state index in [-0.39, 0.29) is 23.1 Å². The van der Waals surface area contributed by atoms with Crippen LogP contribution in [0.5, 0.6) is 0 Å². The number of aromatic amines is 1. The van der Waals surface area contributed by atoms with Crippen LogP contribution in [0.2, 0.25) is 0 Å². The number of likely N-dealkylation sites (tertiary alicyclic amines) is 1. The molecule has 0 spiro atoms. The monoisotopic (exact) mass is 300 g/mol. The highest BCUT2D eigenvalue weighted by molar-refractivity contribution is 5.95. The Morgan fingerprint density at radius 1 is 1.23 bits per heavy atom. The van der Waals surface area contributed by atoms with E-state index in [0.717, 1.165) is 22.6 Å². The molecule has 6 heteroatoms. The lowest BCUT2D eigenvalue weighted by atomic mass is 10.0. The second kappa shape index (κ2) is 5.12. The Hall–Kier alpha value is -2.37. The lowest BCUT2D eigenvalue weighted by Gasteiger charge is -2.39. The van der Waals surface area contributed by atoms with Gasteiger partial charge in [0.2, 0.25) is 0 Å². The van der Waals surface area contributed by atoms with E-state index in [0.29, 0.717) is 13.1 Å². The van der Waals surface area contributed by atoms with Crippen LogP contribution in [-0.2, 0) is 0 Å². The molecule has 1 aliphatic rings. The molecular formula is C16H20N4O2. The minimum Gasteiger partial charge on any atom is -0.334 e. The van der Waals surface area contributed by atoms with Crippen LogP contribution in [0.15, 0.2) is 16.9 Å². The summed E-state index contributed by atoms with van der Waals surface area (Å²) < 4.78 is 1.96. The van der Waals surface area contributed by atoms with Gasteiger partial charge in [-0.15, -0.1) is 0 Å². The van der Waals surface area contributed by atoms with Crippen molar-refractivity contribution in [1.82, 2.24) is 19.7 Å². The molecule has 1 N–H and O–H groups in total. The fourth-order valence-corrected chi connectivity index (χ4v) is 3.07. The van der Waals surface area contributed by atoms with Crippen LogP contribution in [0.3, 0.4) is 0 Å². The first-order valence-electron chi connectivity index (χ1n) is 7.39. The van der Waals surface area contributed by atoms with Gasteiger partial charge in [-0.3, -0.25) is 14.3 Å². The van der Waals surface area contributed by atoms with Crippen LogP contribution >= 0.6 is 0 Å². The summed E-state index contributed by atoms with van der Waals surface area (Å²) in [4.78, 5) is 29.0. The standard InChI is InChI=1S/C16H20N4O2/c1-9-5-10(2)17-15(21)14(9)16(22)19-7-13(8-19)20-12(4)6-11(3)18-20/h5-6,13H,7-8H2,1-4H3,(H,17,21). The summed E-state index contributed by atoms with van der Waals surface area (Å²) >= 11 is 0. The number of nitrogens with one attached hydrogen (secondary N) is 1. The molecule has 0 unspecified atom stereocenters. The topological polar surface area (TPSA) is 71.0 Å². The molecule has 2 aromatic heterocycles. The maximum atomic E-state index is 12.5. The molecule has 116 valence electrons. The number of hydrogen-bond donors (Lipinski definition) is 1. The molecule has 1 aliphatic heterocycles. The van der Waals surface area contributed by atoms with Crippen molar-refractivity contribution in [3.8, 4) is 0 Å². The first-order valence-corrected chi connectivity index (χ1v) is 7.39. The van der Waals surface area contributed by atoms with Gasteiger partial charge in [-0.05, 0) is 45.4 Å². The Morgan fingerprint density at radius 3 is 2.45 bits per heavy atom. The van der Waals surface area contributed by atoms with E-state index < -0.39 is 0 Å². The number of amides is 1. The van der Waals surface area contributed by atoms with Crippen LogP contribution in [-0.4, -0.2) is 38.7 Å². The summed E-state index contributed by atoms with van der Waals surface area (Å²) in [6.07, 6.45) is 0. The maximum Gasteiger partial charge on any atom is 0.261 e. The third-order valence-electron chi connectivity index (χ3n) is 4.12. The van der Waals surface area contributed by atoms with Gasteiger partial charge in [0, 0.05) is 24.5 Å². The van der Waals surface area contributed by atoms with Crippen molar-refractivity contribution in [1.29, 1.82) is 0 Å². The molecule has 1 saturated heterocycles. The van der Waals surface area contributed by atoms with E-state index in [1.807, 2.05) is 37.6 Å². The van der Waals surface area contributed by atoms with E-state index in [2.05, 4.69) is 10.1 Å². The lowest BCUT2D eigenvalue weighted by molar-refractivity contribution is 0.0495. The van der Waals surface area contributed by atoms with Crippen LogP contribution in [0, 0.1) is 27.7 Å². The molecule has 0 radical (unpaired) electrons. The van der Waals surface area contributed by atoms with E-state index in [1.54, 1.807) is 11.8 Å². The molecule has 0 atom stereocenters. The van der Waals surface area contributed by atoms with Gasteiger partial charge < -0.3 is 9.88 Å². The molecule has 0 bridgehead atoms. The van der Waals surface area contributed by atoms with Gasteiger partial charge in [-0.25, -0.2) is 0 Å². The van der Waals surface area contributed by atoms with Gasteiger partial charge in [-0.2, -0.15) is 5.10 Å².